The Balaban J connectivity index is 1.70. The van der Waals surface area contributed by atoms with Crippen LogP contribution in [-0.4, -0.2) is 27.1 Å². The van der Waals surface area contributed by atoms with Crippen LogP contribution < -0.4 is 11.5 Å². The maximum Gasteiger partial charge on any atom is 0.255 e. The number of nitrogens with two attached hydrogens (primary N) is 2. The van der Waals surface area contributed by atoms with E-state index in [2.05, 4.69) is 9.94 Å². The van der Waals surface area contributed by atoms with Crippen LogP contribution in [0, 0.1) is 6.57 Å². The summed E-state index contributed by atoms with van der Waals surface area (Å²) in [6.45, 7) is 7.99. The average molecular weight is 453 g/mol. The monoisotopic (exact) mass is 452 g/mol. The average Bonchev–Trinajstić information content (AvgIpc) is 3.29. The molecule has 31 heavy (non-hydrogen) atoms. The Hall–Kier alpha value is -3.47. The minimum Gasteiger partial charge on any atom is -0.398 e. The largest absolute Gasteiger partial charge is 0.398 e. The van der Waals surface area contributed by atoms with Crippen molar-refractivity contribution >= 4 is 46.6 Å². The molecule has 0 fully saturated rings. The molecule has 1 aromatic heterocycles. The summed E-state index contributed by atoms with van der Waals surface area (Å²) in [5.41, 5.74) is 16.7. The number of amides is 1. The number of hydrogen-bond donors (Lipinski definition) is 2. The van der Waals surface area contributed by atoms with Gasteiger partial charge in [0.05, 0.1) is 40.6 Å². The molecule has 156 valence electrons. The van der Waals surface area contributed by atoms with Crippen molar-refractivity contribution in [2.24, 2.45) is 7.05 Å². The zero-order valence-electron chi connectivity index (χ0n) is 16.6. The van der Waals surface area contributed by atoms with Crippen molar-refractivity contribution in [3.05, 3.63) is 80.5 Å². The highest BCUT2D eigenvalue weighted by Gasteiger charge is 2.32. The van der Waals surface area contributed by atoms with Crippen molar-refractivity contribution in [2.45, 2.75) is 6.54 Å². The molecule has 0 spiro atoms. The number of carbonyl (C=O) groups is 1. The van der Waals surface area contributed by atoms with Gasteiger partial charge in [-0.3, -0.25) is 9.48 Å². The number of nitrogens with zero attached hydrogens (tertiary/aromatic N) is 4. The van der Waals surface area contributed by atoms with E-state index >= 15 is 0 Å². The molecule has 0 atom stereocenters. The number of aromatic nitrogens is 2. The molecule has 0 saturated carbocycles. The lowest BCUT2D eigenvalue weighted by Crippen LogP contribution is -2.25. The zero-order chi connectivity index (χ0) is 22.3. The molecule has 1 amide bonds. The van der Waals surface area contributed by atoms with E-state index in [0.717, 1.165) is 22.3 Å². The number of carbonyl (C=O) groups excluding carboxylic acids is 1. The van der Waals surface area contributed by atoms with E-state index in [1.165, 1.54) is 0 Å². The van der Waals surface area contributed by atoms with Crippen molar-refractivity contribution in [3.63, 3.8) is 0 Å². The van der Waals surface area contributed by atoms with Gasteiger partial charge in [-0.1, -0.05) is 29.3 Å². The summed E-state index contributed by atoms with van der Waals surface area (Å²) < 4.78 is 1.65. The van der Waals surface area contributed by atoms with E-state index in [4.69, 9.17) is 41.2 Å². The molecule has 7 nitrogen and oxygen atoms in total. The molecule has 0 bridgehead atoms. The molecule has 1 aliphatic rings. The molecule has 3 aromatic rings. The van der Waals surface area contributed by atoms with E-state index in [1.807, 2.05) is 6.07 Å². The van der Waals surface area contributed by atoms with Crippen molar-refractivity contribution < 1.29 is 4.79 Å². The van der Waals surface area contributed by atoms with Gasteiger partial charge in [-0.05, 0) is 41.0 Å². The van der Waals surface area contributed by atoms with E-state index in [1.54, 1.807) is 53.3 Å². The maximum atomic E-state index is 13.1. The van der Waals surface area contributed by atoms with Gasteiger partial charge in [-0.2, -0.15) is 5.10 Å². The van der Waals surface area contributed by atoms with Gasteiger partial charge >= 0.3 is 0 Å². The summed E-state index contributed by atoms with van der Waals surface area (Å²) in [5.74, 6) is -0.220. The van der Waals surface area contributed by atoms with Crippen molar-refractivity contribution in [1.29, 1.82) is 0 Å². The molecule has 2 heterocycles. The molecule has 2 aromatic carbocycles. The summed E-state index contributed by atoms with van der Waals surface area (Å²) in [6, 6.07) is 6.96. The summed E-state index contributed by atoms with van der Waals surface area (Å²) in [5, 5.41) is 4.78. The van der Waals surface area contributed by atoms with Crippen molar-refractivity contribution in [1.82, 2.24) is 14.7 Å². The minimum absolute atomic E-state index is 0.161. The van der Waals surface area contributed by atoms with Gasteiger partial charge < -0.3 is 16.4 Å². The molecule has 0 radical (unpaired) electrons. The Kier molecular flexibility index (Phi) is 5.36. The van der Waals surface area contributed by atoms with Crippen LogP contribution in [0.1, 0.15) is 21.5 Å². The van der Waals surface area contributed by atoms with Gasteiger partial charge in [-0.15, -0.1) is 0 Å². The first-order valence-electron chi connectivity index (χ1n) is 9.30. The number of anilines is 2. The Morgan fingerprint density at radius 2 is 2.00 bits per heavy atom. The highest BCUT2D eigenvalue weighted by Crippen LogP contribution is 2.40. The summed E-state index contributed by atoms with van der Waals surface area (Å²) in [4.78, 5) is 18.3. The predicted molar refractivity (Wildman–Crippen MR) is 123 cm³/mol. The number of halogens is 2. The minimum atomic E-state index is -0.220. The highest BCUT2D eigenvalue weighted by atomic mass is 35.5. The molecular formula is C22H18Cl2N6O. The zero-order valence-corrected chi connectivity index (χ0v) is 18.1. The van der Waals surface area contributed by atoms with Crippen LogP contribution in [-0.2, 0) is 13.6 Å². The molecule has 4 rings (SSSR count). The number of hydrogen-bond acceptors (Lipinski definition) is 4. The number of nitrogen functional groups attached to an aromatic ring is 2. The number of fused-ring (bicyclic) bond motifs is 1. The molecular weight excluding hydrogens is 435 g/mol. The Morgan fingerprint density at radius 1 is 1.29 bits per heavy atom. The first-order chi connectivity index (χ1) is 14.8. The van der Waals surface area contributed by atoms with Gasteiger partial charge in [0.25, 0.3) is 5.91 Å². The Bertz CT molecular complexity index is 1260. The standard InChI is InChI=1S/C22H18Cl2N6O/c1-27-14(5-12-8-28-29(2)9-12)10-30-11-16-15(3-4-19(25)20(16)22(30)31)13-6-17(23)21(26)18(24)7-13/h3-9H,10-11,25-26H2,2H3/b14-5+. The summed E-state index contributed by atoms with van der Waals surface area (Å²) >= 11 is 12.4. The van der Waals surface area contributed by atoms with E-state index in [9.17, 15) is 4.79 Å². The van der Waals surface area contributed by atoms with Crippen LogP contribution in [0.4, 0.5) is 11.4 Å². The second-order valence-electron chi connectivity index (χ2n) is 7.27. The molecule has 0 unspecified atom stereocenters. The van der Waals surface area contributed by atoms with E-state index in [-0.39, 0.29) is 12.5 Å². The third-order valence-electron chi connectivity index (χ3n) is 5.14. The second-order valence-corrected chi connectivity index (χ2v) is 8.08. The molecule has 0 aliphatic carbocycles. The fourth-order valence-electron chi connectivity index (χ4n) is 3.66. The summed E-state index contributed by atoms with van der Waals surface area (Å²) in [7, 11) is 1.80. The molecule has 0 saturated heterocycles. The van der Waals surface area contributed by atoms with Crippen LogP contribution in [0.15, 0.2) is 42.4 Å². The van der Waals surface area contributed by atoms with Crippen molar-refractivity contribution in [3.8, 4) is 11.1 Å². The molecule has 1 aliphatic heterocycles. The van der Waals surface area contributed by atoms with E-state index in [0.29, 0.717) is 39.2 Å². The van der Waals surface area contributed by atoms with Gasteiger partial charge in [0.2, 0.25) is 0 Å². The normalized spacial score (nSPS) is 13.4. The first-order valence-corrected chi connectivity index (χ1v) is 10.1. The first kappa shape index (κ1) is 20.8. The lowest BCUT2D eigenvalue weighted by Gasteiger charge is -2.15. The third-order valence-corrected chi connectivity index (χ3v) is 5.77. The second kappa shape index (κ2) is 7.99. The van der Waals surface area contributed by atoms with Crippen LogP contribution in [0.2, 0.25) is 10.0 Å². The molecule has 9 heteroatoms. The topological polar surface area (TPSA) is 94.5 Å². The van der Waals surface area contributed by atoms with Crippen LogP contribution in [0.5, 0.6) is 0 Å². The lowest BCUT2D eigenvalue weighted by atomic mass is 9.95. The molecule has 4 N–H and O–H groups in total. The highest BCUT2D eigenvalue weighted by molar-refractivity contribution is 6.39. The fourth-order valence-corrected chi connectivity index (χ4v) is 4.14. The van der Waals surface area contributed by atoms with Crippen LogP contribution >= 0.6 is 23.2 Å². The van der Waals surface area contributed by atoms with Crippen molar-refractivity contribution in [2.75, 3.05) is 18.0 Å². The number of benzene rings is 2. The van der Waals surface area contributed by atoms with Crippen LogP contribution in [0.3, 0.4) is 0 Å². The van der Waals surface area contributed by atoms with Gasteiger partial charge in [0.15, 0.2) is 5.70 Å². The van der Waals surface area contributed by atoms with Gasteiger partial charge in [0, 0.05) is 31.0 Å². The van der Waals surface area contributed by atoms with E-state index < -0.39 is 0 Å². The lowest BCUT2D eigenvalue weighted by molar-refractivity contribution is 0.0794. The maximum absolute atomic E-state index is 13.1. The Labute approximate surface area is 189 Å². The number of aryl methyl sites for hydroxylation is 1. The quantitative estimate of drug-likeness (QED) is 0.450. The third kappa shape index (κ3) is 3.83. The fraction of sp³-hybridized carbons (Fsp3) is 0.136. The predicted octanol–water partition coefficient (Wildman–Crippen LogP) is 4.47. The number of rotatable bonds is 4. The smallest absolute Gasteiger partial charge is 0.255 e. The van der Waals surface area contributed by atoms with Gasteiger partial charge in [0.1, 0.15) is 0 Å². The summed E-state index contributed by atoms with van der Waals surface area (Å²) in [6.07, 6.45) is 5.19. The van der Waals surface area contributed by atoms with Gasteiger partial charge in [-0.25, -0.2) is 4.85 Å². The van der Waals surface area contributed by atoms with Crippen LogP contribution in [0.25, 0.3) is 22.0 Å². The SMILES string of the molecule is [C-]#[N+]/C(=C/c1cnn(C)c1)CN1Cc2c(-c3cc(Cl)c(N)c(Cl)c3)ccc(N)c2C1=O. The Morgan fingerprint density at radius 3 is 2.61 bits per heavy atom.